The Balaban J connectivity index is 1.84. The topological polar surface area (TPSA) is 97.1 Å². The fourth-order valence-corrected chi connectivity index (χ4v) is 2.53. The molecule has 2 aromatic carbocycles. The SMILES string of the molecule is COc1cc(C=C(C#N)C(=O)Nc2ccccc2)ccc1Oc1nc(Cl)ncc1F. The van der Waals surface area contributed by atoms with E-state index >= 15 is 0 Å². The first-order valence-electron chi connectivity index (χ1n) is 8.52. The molecule has 0 aliphatic heterocycles. The molecule has 9 heteroatoms. The lowest BCUT2D eigenvalue weighted by atomic mass is 10.1. The van der Waals surface area contributed by atoms with E-state index in [-0.39, 0.29) is 28.2 Å². The molecule has 1 N–H and O–H groups in total. The Morgan fingerprint density at radius 2 is 2.00 bits per heavy atom. The number of rotatable bonds is 6. The molecule has 150 valence electrons. The quantitative estimate of drug-likeness (QED) is 0.352. The van der Waals surface area contributed by atoms with Crippen LogP contribution < -0.4 is 14.8 Å². The summed E-state index contributed by atoms with van der Waals surface area (Å²) in [6.45, 7) is 0. The molecule has 1 amide bonds. The number of carbonyl (C=O) groups is 1. The van der Waals surface area contributed by atoms with Crippen LogP contribution >= 0.6 is 11.6 Å². The van der Waals surface area contributed by atoms with Crippen LogP contribution in [-0.2, 0) is 4.79 Å². The van der Waals surface area contributed by atoms with Crippen molar-refractivity contribution in [2.45, 2.75) is 0 Å². The van der Waals surface area contributed by atoms with Gasteiger partial charge in [-0.05, 0) is 47.5 Å². The fraction of sp³-hybridized carbons (Fsp3) is 0.0476. The van der Waals surface area contributed by atoms with Crippen LogP contribution in [0.15, 0.2) is 60.3 Å². The standard InChI is InChI=1S/C21H14ClFN4O3/c1-29-18-10-13(7-8-17(18)30-20-16(23)12-25-21(22)27-20)9-14(11-24)19(28)26-15-5-3-2-4-6-15/h2-10,12H,1H3,(H,26,28). The van der Waals surface area contributed by atoms with E-state index in [0.29, 0.717) is 11.3 Å². The Kier molecular flexibility index (Phi) is 6.57. The molecule has 0 saturated heterocycles. The first kappa shape index (κ1) is 20.8. The molecule has 0 fully saturated rings. The Morgan fingerprint density at radius 3 is 2.70 bits per heavy atom. The highest BCUT2D eigenvalue weighted by atomic mass is 35.5. The minimum atomic E-state index is -0.797. The second-order valence-electron chi connectivity index (χ2n) is 5.79. The zero-order chi connectivity index (χ0) is 21.5. The van der Waals surface area contributed by atoms with Crippen molar-refractivity contribution in [2.75, 3.05) is 12.4 Å². The number of aromatic nitrogens is 2. The monoisotopic (exact) mass is 424 g/mol. The zero-order valence-corrected chi connectivity index (χ0v) is 16.4. The molecule has 0 atom stereocenters. The number of carbonyl (C=O) groups excluding carboxylic acids is 1. The highest BCUT2D eigenvalue weighted by Gasteiger charge is 2.14. The number of hydrogen-bond acceptors (Lipinski definition) is 6. The van der Waals surface area contributed by atoms with Crippen molar-refractivity contribution >= 4 is 29.3 Å². The maximum absolute atomic E-state index is 13.8. The van der Waals surface area contributed by atoms with E-state index in [9.17, 15) is 14.4 Å². The molecule has 0 radical (unpaired) electrons. The van der Waals surface area contributed by atoms with Crippen molar-refractivity contribution in [3.05, 3.63) is 77.0 Å². The van der Waals surface area contributed by atoms with E-state index in [1.54, 1.807) is 30.3 Å². The van der Waals surface area contributed by atoms with E-state index < -0.39 is 11.7 Å². The molecule has 0 saturated carbocycles. The molecule has 0 bridgehead atoms. The van der Waals surface area contributed by atoms with Gasteiger partial charge in [0.15, 0.2) is 11.5 Å². The summed E-state index contributed by atoms with van der Waals surface area (Å²) in [5.41, 5.74) is 0.957. The van der Waals surface area contributed by atoms with E-state index in [4.69, 9.17) is 21.1 Å². The van der Waals surface area contributed by atoms with E-state index in [1.165, 1.54) is 25.3 Å². The number of benzene rings is 2. The Hall–Kier alpha value is -3.96. The number of amides is 1. The summed E-state index contributed by atoms with van der Waals surface area (Å²) in [7, 11) is 1.40. The second-order valence-corrected chi connectivity index (χ2v) is 6.13. The molecule has 0 aliphatic rings. The summed E-state index contributed by atoms with van der Waals surface area (Å²) in [5.74, 6) is -1.32. The third-order valence-corrected chi connectivity index (χ3v) is 3.97. The minimum absolute atomic E-state index is 0.108. The Bertz CT molecular complexity index is 1150. The predicted molar refractivity (Wildman–Crippen MR) is 109 cm³/mol. The van der Waals surface area contributed by atoms with Gasteiger partial charge < -0.3 is 14.8 Å². The van der Waals surface area contributed by atoms with E-state index in [0.717, 1.165) is 6.20 Å². The van der Waals surface area contributed by atoms with Crippen molar-refractivity contribution in [2.24, 2.45) is 0 Å². The maximum atomic E-state index is 13.8. The van der Waals surface area contributed by atoms with Crippen LogP contribution in [0.4, 0.5) is 10.1 Å². The van der Waals surface area contributed by atoms with Gasteiger partial charge in [0.1, 0.15) is 11.6 Å². The number of hydrogen-bond donors (Lipinski definition) is 1. The van der Waals surface area contributed by atoms with Crippen LogP contribution in [0.5, 0.6) is 17.4 Å². The molecular formula is C21H14ClFN4O3. The molecular weight excluding hydrogens is 411 g/mol. The number of anilines is 1. The first-order chi connectivity index (χ1) is 14.5. The molecule has 0 spiro atoms. The summed E-state index contributed by atoms with van der Waals surface area (Å²) < 4.78 is 24.5. The van der Waals surface area contributed by atoms with Gasteiger partial charge in [0.05, 0.1) is 13.3 Å². The van der Waals surface area contributed by atoms with Crippen molar-refractivity contribution in [1.82, 2.24) is 9.97 Å². The average molecular weight is 425 g/mol. The van der Waals surface area contributed by atoms with Crippen LogP contribution in [-0.4, -0.2) is 23.0 Å². The maximum Gasteiger partial charge on any atom is 0.266 e. The zero-order valence-electron chi connectivity index (χ0n) is 15.6. The summed E-state index contributed by atoms with van der Waals surface area (Å²) in [6, 6.07) is 15.2. The van der Waals surface area contributed by atoms with Crippen LogP contribution in [0, 0.1) is 17.1 Å². The minimum Gasteiger partial charge on any atom is -0.493 e. The molecule has 7 nitrogen and oxygen atoms in total. The smallest absolute Gasteiger partial charge is 0.266 e. The summed E-state index contributed by atoms with van der Waals surface area (Å²) in [4.78, 5) is 19.6. The number of para-hydroxylation sites is 1. The van der Waals surface area contributed by atoms with Gasteiger partial charge in [0, 0.05) is 5.69 Å². The predicted octanol–water partition coefficient (Wildman–Crippen LogP) is 4.62. The molecule has 0 unspecified atom stereocenters. The summed E-state index contributed by atoms with van der Waals surface area (Å²) in [5, 5.41) is 11.8. The molecule has 30 heavy (non-hydrogen) atoms. The van der Waals surface area contributed by atoms with E-state index in [1.807, 2.05) is 12.1 Å². The van der Waals surface area contributed by atoms with Crippen LogP contribution in [0.1, 0.15) is 5.56 Å². The van der Waals surface area contributed by atoms with Crippen LogP contribution in [0.2, 0.25) is 5.28 Å². The Morgan fingerprint density at radius 1 is 1.23 bits per heavy atom. The van der Waals surface area contributed by atoms with Crippen molar-refractivity contribution in [1.29, 1.82) is 5.26 Å². The summed E-state index contributed by atoms with van der Waals surface area (Å²) >= 11 is 5.67. The number of methoxy groups -OCH3 is 1. The van der Waals surface area contributed by atoms with Gasteiger partial charge in [0.25, 0.3) is 11.8 Å². The van der Waals surface area contributed by atoms with Gasteiger partial charge in [-0.1, -0.05) is 24.3 Å². The second kappa shape index (κ2) is 9.49. The molecule has 1 aromatic heterocycles. The van der Waals surface area contributed by atoms with Crippen molar-refractivity contribution in [3.63, 3.8) is 0 Å². The number of nitrogens with zero attached hydrogens (tertiary/aromatic N) is 3. The van der Waals surface area contributed by atoms with Crippen LogP contribution in [0.3, 0.4) is 0 Å². The summed E-state index contributed by atoms with van der Waals surface area (Å²) in [6.07, 6.45) is 2.28. The number of halogens is 2. The van der Waals surface area contributed by atoms with Gasteiger partial charge in [-0.2, -0.15) is 14.6 Å². The van der Waals surface area contributed by atoms with Gasteiger partial charge >= 0.3 is 0 Å². The molecule has 0 aliphatic carbocycles. The lowest BCUT2D eigenvalue weighted by Gasteiger charge is -2.11. The van der Waals surface area contributed by atoms with Crippen molar-refractivity contribution < 1.29 is 18.7 Å². The average Bonchev–Trinajstić information content (AvgIpc) is 2.76. The Labute approximate surface area is 176 Å². The van der Waals surface area contributed by atoms with Gasteiger partial charge in [-0.3, -0.25) is 4.79 Å². The molecule has 1 heterocycles. The third-order valence-electron chi connectivity index (χ3n) is 3.78. The third kappa shape index (κ3) is 5.10. The largest absolute Gasteiger partial charge is 0.493 e. The fourth-order valence-electron chi connectivity index (χ4n) is 2.40. The molecule has 3 aromatic rings. The highest BCUT2D eigenvalue weighted by molar-refractivity contribution is 6.28. The van der Waals surface area contributed by atoms with Crippen LogP contribution in [0.25, 0.3) is 6.08 Å². The van der Waals surface area contributed by atoms with Gasteiger partial charge in [0.2, 0.25) is 11.1 Å². The van der Waals surface area contributed by atoms with Gasteiger partial charge in [-0.25, -0.2) is 4.98 Å². The van der Waals surface area contributed by atoms with Gasteiger partial charge in [-0.15, -0.1) is 0 Å². The number of nitriles is 1. The normalized spacial score (nSPS) is 10.8. The number of nitrogens with one attached hydrogen (secondary N) is 1. The highest BCUT2D eigenvalue weighted by Crippen LogP contribution is 2.33. The molecule has 3 rings (SSSR count). The van der Waals surface area contributed by atoms with Crippen molar-refractivity contribution in [3.8, 4) is 23.4 Å². The lowest BCUT2D eigenvalue weighted by Crippen LogP contribution is -2.13. The first-order valence-corrected chi connectivity index (χ1v) is 8.90. The lowest BCUT2D eigenvalue weighted by molar-refractivity contribution is -0.112. The van der Waals surface area contributed by atoms with E-state index in [2.05, 4.69) is 15.3 Å². The number of ether oxygens (including phenoxy) is 2.